The van der Waals surface area contributed by atoms with E-state index in [9.17, 15) is 4.39 Å². The molecule has 2 N–H and O–H groups in total. The van der Waals surface area contributed by atoms with Gasteiger partial charge in [0.25, 0.3) is 0 Å². The van der Waals surface area contributed by atoms with Gasteiger partial charge in [-0.15, -0.1) is 0 Å². The third-order valence-electron chi connectivity index (χ3n) is 2.88. The molecule has 0 amide bonds. The standard InChI is InChI=1S/C12H15BrFN3/c1-17(2)12(15)16-11-6-8(11)7-3-4-9(13)10(14)5-7/h3-5,8,11H,6H2,1-2H3,(H2,15,16)/t8-,11+/m0/s1. The van der Waals surface area contributed by atoms with Crippen molar-refractivity contribution in [3.8, 4) is 0 Å². The summed E-state index contributed by atoms with van der Waals surface area (Å²) in [6.07, 6.45) is 0.940. The summed E-state index contributed by atoms with van der Waals surface area (Å²) in [4.78, 5) is 6.16. The molecule has 92 valence electrons. The zero-order valence-corrected chi connectivity index (χ0v) is 11.4. The summed E-state index contributed by atoms with van der Waals surface area (Å²) >= 11 is 3.14. The lowest BCUT2D eigenvalue weighted by Gasteiger charge is -2.10. The van der Waals surface area contributed by atoms with Crippen LogP contribution in [0.15, 0.2) is 27.7 Å². The maximum atomic E-state index is 13.4. The summed E-state index contributed by atoms with van der Waals surface area (Å²) in [6.45, 7) is 0. The van der Waals surface area contributed by atoms with Crippen LogP contribution in [0.25, 0.3) is 0 Å². The topological polar surface area (TPSA) is 41.6 Å². The predicted octanol–water partition coefficient (Wildman–Crippen LogP) is 2.32. The fourth-order valence-electron chi connectivity index (χ4n) is 1.71. The Kier molecular flexibility index (Phi) is 3.38. The van der Waals surface area contributed by atoms with Crippen molar-refractivity contribution in [2.24, 2.45) is 10.7 Å². The number of nitrogens with two attached hydrogens (primary N) is 1. The van der Waals surface area contributed by atoms with Gasteiger partial charge in [-0.25, -0.2) is 9.38 Å². The Morgan fingerprint density at radius 1 is 1.53 bits per heavy atom. The zero-order chi connectivity index (χ0) is 12.6. The number of rotatable bonds is 2. The van der Waals surface area contributed by atoms with Gasteiger partial charge < -0.3 is 10.6 Å². The van der Waals surface area contributed by atoms with Gasteiger partial charge in [-0.05, 0) is 40.0 Å². The Hall–Kier alpha value is -1.10. The van der Waals surface area contributed by atoms with E-state index in [1.165, 1.54) is 0 Å². The number of guanidine groups is 1. The van der Waals surface area contributed by atoms with E-state index in [0.717, 1.165) is 12.0 Å². The van der Waals surface area contributed by atoms with Crippen molar-refractivity contribution in [1.82, 2.24) is 4.90 Å². The fraction of sp³-hybridized carbons (Fsp3) is 0.417. The van der Waals surface area contributed by atoms with Crippen LogP contribution in [-0.2, 0) is 0 Å². The molecule has 2 atom stereocenters. The third-order valence-corrected chi connectivity index (χ3v) is 3.53. The molecule has 2 rings (SSSR count). The van der Waals surface area contributed by atoms with Crippen LogP contribution >= 0.6 is 15.9 Å². The van der Waals surface area contributed by atoms with Gasteiger partial charge in [0, 0.05) is 20.0 Å². The third kappa shape index (κ3) is 2.77. The summed E-state index contributed by atoms with van der Waals surface area (Å²) < 4.78 is 13.9. The lowest BCUT2D eigenvalue weighted by atomic mass is 10.1. The van der Waals surface area contributed by atoms with Crippen LogP contribution in [-0.4, -0.2) is 31.0 Å². The molecule has 5 heteroatoms. The zero-order valence-electron chi connectivity index (χ0n) is 9.82. The number of nitrogens with zero attached hydrogens (tertiary/aromatic N) is 2. The molecule has 1 aliphatic rings. The van der Waals surface area contributed by atoms with Crippen LogP contribution < -0.4 is 5.73 Å². The van der Waals surface area contributed by atoms with Crippen molar-refractivity contribution in [2.45, 2.75) is 18.4 Å². The second kappa shape index (κ2) is 4.64. The van der Waals surface area contributed by atoms with E-state index in [-0.39, 0.29) is 11.9 Å². The Balaban J connectivity index is 2.08. The van der Waals surface area contributed by atoms with E-state index in [2.05, 4.69) is 20.9 Å². The first-order valence-electron chi connectivity index (χ1n) is 5.44. The predicted molar refractivity (Wildman–Crippen MR) is 70.6 cm³/mol. The molecule has 1 aromatic rings. The summed E-state index contributed by atoms with van der Waals surface area (Å²) in [6, 6.07) is 5.42. The minimum absolute atomic E-state index is 0.193. The van der Waals surface area contributed by atoms with Gasteiger partial charge in [-0.3, -0.25) is 0 Å². The SMILES string of the molecule is CN(C)C(N)=N[C@@H]1C[C@H]1c1ccc(Br)c(F)c1. The van der Waals surface area contributed by atoms with Crippen LogP contribution in [0.2, 0.25) is 0 Å². The maximum absolute atomic E-state index is 13.4. The summed E-state index contributed by atoms with van der Waals surface area (Å²) in [5.74, 6) is 0.601. The molecule has 0 aliphatic heterocycles. The summed E-state index contributed by atoms with van der Waals surface area (Å²) in [5, 5.41) is 0. The molecule has 0 radical (unpaired) electrons. The number of hydrogen-bond donors (Lipinski definition) is 1. The maximum Gasteiger partial charge on any atom is 0.191 e. The van der Waals surface area contributed by atoms with E-state index in [1.807, 2.05) is 20.2 Å². The molecule has 1 saturated carbocycles. The second-order valence-electron chi connectivity index (χ2n) is 4.46. The largest absolute Gasteiger partial charge is 0.370 e. The van der Waals surface area contributed by atoms with E-state index in [4.69, 9.17) is 5.73 Å². The number of halogens is 2. The van der Waals surface area contributed by atoms with Crippen molar-refractivity contribution >= 4 is 21.9 Å². The van der Waals surface area contributed by atoms with E-state index < -0.39 is 0 Å². The van der Waals surface area contributed by atoms with Gasteiger partial charge in [0.2, 0.25) is 0 Å². The summed E-state index contributed by atoms with van der Waals surface area (Å²) in [5.41, 5.74) is 6.74. The Labute approximate surface area is 109 Å². The van der Waals surface area contributed by atoms with E-state index in [0.29, 0.717) is 16.4 Å². The first-order valence-corrected chi connectivity index (χ1v) is 6.24. The van der Waals surface area contributed by atoms with Gasteiger partial charge in [-0.2, -0.15) is 0 Å². The normalized spacial score (nSPS) is 23.6. The molecule has 0 heterocycles. The van der Waals surface area contributed by atoms with Crippen LogP contribution in [0.4, 0.5) is 4.39 Å². The van der Waals surface area contributed by atoms with Gasteiger partial charge in [-0.1, -0.05) is 6.07 Å². The Bertz CT molecular complexity index is 459. The molecule has 1 fully saturated rings. The van der Waals surface area contributed by atoms with Gasteiger partial charge in [0.15, 0.2) is 5.96 Å². The van der Waals surface area contributed by atoms with Crippen LogP contribution in [0.1, 0.15) is 17.9 Å². The van der Waals surface area contributed by atoms with Crippen molar-refractivity contribution in [2.75, 3.05) is 14.1 Å². The minimum atomic E-state index is -0.224. The lowest BCUT2D eigenvalue weighted by Crippen LogP contribution is -2.30. The van der Waals surface area contributed by atoms with E-state index >= 15 is 0 Å². The molecular formula is C12H15BrFN3. The monoisotopic (exact) mass is 299 g/mol. The fourth-order valence-corrected chi connectivity index (χ4v) is 1.96. The number of aliphatic imine (C=N–C) groups is 1. The number of benzene rings is 1. The molecule has 0 bridgehead atoms. The van der Waals surface area contributed by atoms with Gasteiger partial charge >= 0.3 is 0 Å². The smallest absolute Gasteiger partial charge is 0.191 e. The average Bonchev–Trinajstić information content (AvgIpc) is 3.01. The van der Waals surface area contributed by atoms with E-state index in [1.54, 1.807) is 17.0 Å². The minimum Gasteiger partial charge on any atom is -0.370 e. The quantitative estimate of drug-likeness (QED) is 0.673. The highest BCUT2D eigenvalue weighted by molar-refractivity contribution is 9.10. The molecule has 0 aromatic heterocycles. The lowest BCUT2D eigenvalue weighted by molar-refractivity contribution is 0.608. The van der Waals surface area contributed by atoms with Crippen molar-refractivity contribution in [3.63, 3.8) is 0 Å². The molecule has 0 unspecified atom stereocenters. The average molecular weight is 300 g/mol. The molecular weight excluding hydrogens is 285 g/mol. The highest BCUT2D eigenvalue weighted by atomic mass is 79.9. The van der Waals surface area contributed by atoms with Crippen molar-refractivity contribution < 1.29 is 4.39 Å². The molecule has 1 aliphatic carbocycles. The van der Waals surface area contributed by atoms with Crippen LogP contribution in [0.3, 0.4) is 0 Å². The summed E-state index contributed by atoms with van der Waals surface area (Å²) in [7, 11) is 3.71. The first-order chi connectivity index (χ1) is 7.99. The molecule has 17 heavy (non-hydrogen) atoms. The second-order valence-corrected chi connectivity index (χ2v) is 5.32. The van der Waals surface area contributed by atoms with Gasteiger partial charge in [0.1, 0.15) is 5.82 Å². The number of hydrogen-bond acceptors (Lipinski definition) is 1. The first kappa shape index (κ1) is 12.4. The molecule has 0 spiro atoms. The van der Waals surface area contributed by atoms with Crippen molar-refractivity contribution in [1.29, 1.82) is 0 Å². The Morgan fingerprint density at radius 2 is 2.24 bits per heavy atom. The van der Waals surface area contributed by atoms with Gasteiger partial charge in [0.05, 0.1) is 10.5 Å². The van der Waals surface area contributed by atoms with Crippen LogP contribution in [0.5, 0.6) is 0 Å². The molecule has 3 nitrogen and oxygen atoms in total. The van der Waals surface area contributed by atoms with Crippen LogP contribution in [0, 0.1) is 5.82 Å². The molecule has 0 saturated heterocycles. The van der Waals surface area contributed by atoms with Crippen molar-refractivity contribution in [3.05, 3.63) is 34.1 Å². The highest BCUT2D eigenvalue weighted by Gasteiger charge is 2.39. The highest BCUT2D eigenvalue weighted by Crippen LogP contribution is 2.44. The Morgan fingerprint density at radius 3 is 2.82 bits per heavy atom. The molecule has 1 aromatic carbocycles.